The van der Waals surface area contributed by atoms with Crippen molar-refractivity contribution in [3.63, 3.8) is 0 Å². The van der Waals surface area contributed by atoms with Gasteiger partial charge >= 0.3 is 0 Å². The van der Waals surface area contributed by atoms with Crippen LogP contribution in [-0.4, -0.2) is 31.1 Å². The first-order valence-corrected chi connectivity index (χ1v) is 10.2. The van der Waals surface area contributed by atoms with E-state index in [-0.39, 0.29) is 18.4 Å². The number of carbonyl (C=O) groups is 2. The molecule has 1 aliphatic rings. The lowest BCUT2D eigenvalue weighted by atomic mass is 10.0. The van der Waals surface area contributed by atoms with Gasteiger partial charge < -0.3 is 10.6 Å². The maximum Gasteiger partial charge on any atom is 0.248 e. The summed E-state index contributed by atoms with van der Waals surface area (Å²) in [5, 5.41) is 8.60. The fraction of sp³-hybridized carbons (Fsp3) is 0.154. The smallest absolute Gasteiger partial charge is 0.248 e. The Morgan fingerprint density at radius 3 is 2.50 bits per heavy atom. The highest BCUT2D eigenvalue weighted by Crippen LogP contribution is 2.25. The van der Waals surface area contributed by atoms with E-state index in [1.54, 1.807) is 30.1 Å². The number of nitriles is 1. The molecule has 32 heavy (non-hydrogen) atoms. The summed E-state index contributed by atoms with van der Waals surface area (Å²) in [6, 6.07) is 27.1. The maximum atomic E-state index is 12.0. The number of nitrogens with zero attached hydrogens (tertiary/aromatic N) is 3. The Bertz CT molecular complexity index is 1180. The minimum atomic E-state index is -0.317. The highest BCUT2D eigenvalue weighted by atomic mass is 16.2. The summed E-state index contributed by atoms with van der Waals surface area (Å²) < 4.78 is 0. The third-order valence-corrected chi connectivity index (χ3v) is 5.03. The second-order valence-electron chi connectivity index (χ2n) is 7.28. The lowest BCUT2D eigenvalue weighted by Crippen LogP contribution is -2.27. The van der Waals surface area contributed by atoms with Gasteiger partial charge in [-0.05, 0) is 30.2 Å². The molecule has 2 N–H and O–H groups in total. The van der Waals surface area contributed by atoms with Gasteiger partial charge in [0.1, 0.15) is 6.54 Å². The lowest BCUT2D eigenvalue weighted by molar-refractivity contribution is -0.118. The summed E-state index contributed by atoms with van der Waals surface area (Å²) in [5.74, 6) is -0.305. The number of benzene rings is 3. The van der Waals surface area contributed by atoms with Gasteiger partial charge in [0.2, 0.25) is 11.8 Å². The molecule has 3 aromatic carbocycles. The first-order chi connectivity index (χ1) is 15.5. The summed E-state index contributed by atoms with van der Waals surface area (Å²) in [7, 11) is 1.80. The second-order valence-corrected chi connectivity index (χ2v) is 7.28. The van der Waals surface area contributed by atoms with Crippen molar-refractivity contribution in [2.24, 2.45) is 10.7 Å². The zero-order chi connectivity index (χ0) is 22.9. The van der Waals surface area contributed by atoms with Crippen molar-refractivity contribution in [2.45, 2.75) is 12.8 Å². The molecule has 0 bridgehead atoms. The van der Waals surface area contributed by atoms with Crippen molar-refractivity contribution in [1.82, 2.24) is 0 Å². The molecule has 3 aromatic rings. The van der Waals surface area contributed by atoms with Crippen molar-refractivity contribution in [2.75, 3.05) is 18.5 Å². The zero-order valence-electron chi connectivity index (χ0n) is 17.9. The molecule has 0 aromatic heterocycles. The van der Waals surface area contributed by atoms with Crippen molar-refractivity contribution < 1.29 is 9.59 Å². The average Bonchev–Trinajstić information content (AvgIpc) is 2.95. The highest BCUT2D eigenvalue weighted by molar-refractivity contribution is 6.19. The number of fused-ring (bicyclic) bond motifs is 1. The molecule has 2 amide bonds. The van der Waals surface area contributed by atoms with Gasteiger partial charge in [-0.1, -0.05) is 60.7 Å². The van der Waals surface area contributed by atoms with Crippen molar-refractivity contribution in [1.29, 1.82) is 5.26 Å². The quantitative estimate of drug-likeness (QED) is 0.694. The fourth-order valence-corrected chi connectivity index (χ4v) is 3.35. The SMILES string of the molecule is CN1C(=O)CN=C(c2ccccc2)c2ccccc21.N#Cc1cccc(CCC(N)=O)c1. The van der Waals surface area contributed by atoms with E-state index >= 15 is 0 Å². The highest BCUT2D eigenvalue weighted by Gasteiger charge is 2.21. The van der Waals surface area contributed by atoms with Gasteiger partial charge in [-0.25, -0.2) is 0 Å². The van der Waals surface area contributed by atoms with Crippen LogP contribution in [0.15, 0.2) is 83.9 Å². The number of aliphatic imine (C=N–C) groups is 1. The van der Waals surface area contributed by atoms with E-state index in [0.29, 0.717) is 18.4 Å². The molecular weight excluding hydrogens is 400 g/mol. The molecule has 6 nitrogen and oxygen atoms in total. The second kappa shape index (κ2) is 10.7. The van der Waals surface area contributed by atoms with Gasteiger partial charge in [0.05, 0.1) is 23.0 Å². The monoisotopic (exact) mass is 424 g/mol. The zero-order valence-corrected chi connectivity index (χ0v) is 17.9. The van der Waals surface area contributed by atoms with Gasteiger partial charge in [-0.2, -0.15) is 5.26 Å². The Morgan fingerprint density at radius 2 is 1.78 bits per heavy atom. The minimum Gasteiger partial charge on any atom is -0.370 e. The van der Waals surface area contributed by atoms with Crippen molar-refractivity contribution in [3.05, 3.63) is 101 Å². The fourth-order valence-electron chi connectivity index (χ4n) is 3.35. The number of benzodiazepines with no additional fused rings is 1. The van der Waals surface area contributed by atoms with Crippen LogP contribution in [0.2, 0.25) is 0 Å². The number of para-hydroxylation sites is 1. The predicted octanol–water partition coefficient (Wildman–Crippen LogP) is 3.48. The van der Waals surface area contributed by atoms with E-state index in [2.05, 4.69) is 4.99 Å². The largest absolute Gasteiger partial charge is 0.370 e. The molecule has 0 unspecified atom stereocenters. The molecule has 1 aliphatic heterocycles. The van der Waals surface area contributed by atoms with Crippen LogP contribution in [-0.2, 0) is 16.0 Å². The summed E-state index contributed by atoms with van der Waals surface area (Å²) in [5.41, 5.74) is 10.4. The number of carbonyl (C=O) groups excluding carboxylic acids is 2. The van der Waals surface area contributed by atoms with Crippen LogP contribution in [0.25, 0.3) is 0 Å². The van der Waals surface area contributed by atoms with E-state index in [1.807, 2.05) is 66.7 Å². The minimum absolute atomic E-state index is 0.0124. The number of primary amides is 1. The van der Waals surface area contributed by atoms with Crippen LogP contribution < -0.4 is 10.6 Å². The van der Waals surface area contributed by atoms with E-state index < -0.39 is 0 Å². The van der Waals surface area contributed by atoms with Crippen LogP contribution in [0.5, 0.6) is 0 Å². The predicted molar refractivity (Wildman–Crippen MR) is 125 cm³/mol. The van der Waals surface area contributed by atoms with Gasteiger partial charge in [-0.15, -0.1) is 0 Å². The van der Waals surface area contributed by atoms with Crippen LogP contribution >= 0.6 is 0 Å². The summed E-state index contributed by atoms with van der Waals surface area (Å²) in [4.78, 5) is 28.6. The number of hydrogen-bond donors (Lipinski definition) is 1. The van der Waals surface area contributed by atoms with E-state index in [9.17, 15) is 9.59 Å². The molecule has 0 aliphatic carbocycles. The van der Waals surface area contributed by atoms with Gasteiger partial charge in [-0.3, -0.25) is 14.6 Å². The Hall–Kier alpha value is -4.24. The number of likely N-dealkylation sites (N-methyl/N-ethyl adjacent to an activating group) is 1. The Labute approximate surface area is 187 Å². The number of rotatable bonds is 4. The van der Waals surface area contributed by atoms with Gasteiger partial charge in [0, 0.05) is 24.6 Å². The van der Waals surface area contributed by atoms with Crippen molar-refractivity contribution in [3.8, 4) is 6.07 Å². The molecule has 1 heterocycles. The number of hydrogen-bond acceptors (Lipinski definition) is 4. The Kier molecular flexibility index (Phi) is 7.50. The van der Waals surface area contributed by atoms with E-state index in [0.717, 1.165) is 28.1 Å². The lowest BCUT2D eigenvalue weighted by Gasteiger charge is -2.17. The number of aryl methyl sites for hydroxylation is 1. The third-order valence-electron chi connectivity index (χ3n) is 5.03. The van der Waals surface area contributed by atoms with Crippen LogP contribution in [0.3, 0.4) is 0 Å². The Balaban J connectivity index is 0.000000195. The van der Waals surface area contributed by atoms with Gasteiger partial charge in [0.25, 0.3) is 0 Å². The summed E-state index contributed by atoms with van der Waals surface area (Å²) >= 11 is 0. The molecule has 4 rings (SSSR count). The average molecular weight is 425 g/mol. The standard InChI is InChI=1S/C16H14N2O.C10H10N2O/c1-18-14-10-6-5-9-13(14)16(17-11-15(18)19)12-7-3-2-4-8-12;11-7-9-3-1-2-8(6-9)4-5-10(12)13/h2-10H,11H2,1H3;1-3,6H,4-5H2,(H2,12,13). The number of amides is 2. The molecule has 0 saturated carbocycles. The topological polar surface area (TPSA) is 99.6 Å². The normalized spacial score (nSPS) is 12.4. The summed E-state index contributed by atoms with van der Waals surface area (Å²) in [6.45, 7) is 0.190. The van der Waals surface area contributed by atoms with E-state index in [1.165, 1.54) is 0 Å². The van der Waals surface area contributed by atoms with Crippen LogP contribution in [0.4, 0.5) is 5.69 Å². The molecule has 0 fully saturated rings. The molecular formula is C26H24N4O2. The number of anilines is 1. The number of nitrogens with two attached hydrogens (primary N) is 1. The van der Waals surface area contributed by atoms with E-state index in [4.69, 9.17) is 11.0 Å². The Morgan fingerprint density at radius 1 is 1.06 bits per heavy atom. The molecule has 160 valence electrons. The molecule has 0 radical (unpaired) electrons. The first-order valence-electron chi connectivity index (χ1n) is 10.2. The van der Waals surface area contributed by atoms with Gasteiger partial charge in [0.15, 0.2) is 0 Å². The summed E-state index contributed by atoms with van der Waals surface area (Å²) in [6.07, 6.45) is 0.930. The molecule has 0 saturated heterocycles. The van der Waals surface area contributed by atoms with Crippen LogP contribution in [0, 0.1) is 11.3 Å². The molecule has 0 atom stereocenters. The van der Waals surface area contributed by atoms with Crippen molar-refractivity contribution >= 4 is 23.2 Å². The molecule has 0 spiro atoms. The maximum absolute atomic E-state index is 12.0. The first kappa shape index (κ1) is 22.4. The van der Waals surface area contributed by atoms with Crippen LogP contribution in [0.1, 0.15) is 28.7 Å². The molecule has 6 heteroatoms. The third kappa shape index (κ3) is 5.67.